The molecule has 2 fully saturated rings. The lowest BCUT2D eigenvalue weighted by molar-refractivity contribution is -0.156. The number of fused-ring (bicyclic) bond motifs is 2. The van der Waals surface area contributed by atoms with E-state index in [1.165, 1.54) is 0 Å². The lowest BCUT2D eigenvalue weighted by Gasteiger charge is -2.49. The maximum absolute atomic E-state index is 13.0. The predicted octanol–water partition coefficient (Wildman–Crippen LogP) is 2.74. The van der Waals surface area contributed by atoms with E-state index in [-0.39, 0.29) is 30.5 Å². The van der Waals surface area contributed by atoms with E-state index >= 15 is 0 Å². The Balaban J connectivity index is 1.77. The molecule has 1 spiro atoms. The Bertz CT molecular complexity index is 661. The summed E-state index contributed by atoms with van der Waals surface area (Å²) in [6.45, 7) is 2.01. The zero-order valence-electron chi connectivity index (χ0n) is 13.9. The maximum Gasteiger partial charge on any atom is 0.313 e. The summed E-state index contributed by atoms with van der Waals surface area (Å²) in [6, 6.07) is 1.84. The standard InChI is InChI=1S/C19H24O5/c1-11-7-15(21)17-12(9-20)3-2-4-14(17)19(11)8-16(24-18(19)22)13-5-6-23-10-13/h5-6,10-11,14-16,20-21H,2-4,7-9H2,1H3/t11-,14+,15-,16+,19-/m1/s1. The lowest BCUT2D eigenvalue weighted by Crippen LogP contribution is -2.50. The van der Waals surface area contributed by atoms with Gasteiger partial charge in [-0.2, -0.15) is 0 Å². The molecule has 24 heavy (non-hydrogen) atoms. The summed E-state index contributed by atoms with van der Waals surface area (Å²) in [5, 5.41) is 20.3. The first-order valence-electron chi connectivity index (χ1n) is 8.81. The van der Waals surface area contributed by atoms with E-state index in [0.29, 0.717) is 12.8 Å². The van der Waals surface area contributed by atoms with E-state index < -0.39 is 11.5 Å². The van der Waals surface area contributed by atoms with Crippen molar-refractivity contribution in [1.82, 2.24) is 0 Å². The van der Waals surface area contributed by atoms with Crippen molar-refractivity contribution in [3.63, 3.8) is 0 Å². The summed E-state index contributed by atoms with van der Waals surface area (Å²) in [7, 11) is 0. The fourth-order valence-corrected chi connectivity index (χ4v) is 5.26. The fourth-order valence-electron chi connectivity index (χ4n) is 5.26. The number of aliphatic hydroxyl groups is 2. The van der Waals surface area contributed by atoms with Gasteiger partial charge in [0.1, 0.15) is 6.10 Å². The van der Waals surface area contributed by atoms with Crippen LogP contribution in [0.25, 0.3) is 0 Å². The molecular formula is C19H24O5. The Morgan fingerprint density at radius 3 is 2.96 bits per heavy atom. The van der Waals surface area contributed by atoms with Crippen molar-refractivity contribution in [2.24, 2.45) is 17.3 Å². The van der Waals surface area contributed by atoms with Gasteiger partial charge in [-0.1, -0.05) is 6.92 Å². The number of hydrogen-bond donors (Lipinski definition) is 2. The third-order valence-corrected chi connectivity index (χ3v) is 6.45. The molecule has 0 amide bonds. The Kier molecular flexibility index (Phi) is 3.81. The highest BCUT2D eigenvalue weighted by atomic mass is 16.6. The van der Waals surface area contributed by atoms with Crippen molar-refractivity contribution < 1.29 is 24.2 Å². The summed E-state index contributed by atoms with van der Waals surface area (Å²) in [6.07, 6.45) is 6.17. The summed E-state index contributed by atoms with van der Waals surface area (Å²) >= 11 is 0. The molecule has 0 aromatic carbocycles. The van der Waals surface area contributed by atoms with Crippen LogP contribution in [0.5, 0.6) is 0 Å². The van der Waals surface area contributed by atoms with Crippen LogP contribution in [-0.2, 0) is 9.53 Å². The van der Waals surface area contributed by atoms with Gasteiger partial charge in [0.15, 0.2) is 0 Å². The molecule has 130 valence electrons. The van der Waals surface area contributed by atoms with E-state index in [1.54, 1.807) is 12.5 Å². The number of carbonyl (C=O) groups is 1. The van der Waals surface area contributed by atoms with Gasteiger partial charge in [0, 0.05) is 12.0 Å². The highest BCUT2D eigenvalue weighted by Gasteiger charge is 2.61. The average Bonchev–Trinajstić information content (AvgIpc) is 3.21. The number of furan rings is 1. The van der Waals surface area contributed by atoms with E-state index in [2.05, 4.69) is 0 Å². The molecule has 1 saturated carbocycles. The van der Waals surface area contributed by atoms with Gasteiger partial charge in [0.2, 0.25) is 0 Å². The van der Waals surface area contributed by atoms with Crippen LogP contribution in [0.2, 0.25) is 0 Å². The third-order valence-electron chi connectivity index (χ3n) is 6.45. The zero-order chi connectivity index (χ0) is 16.9. The number of hydrogen-bond acceptors (Lipinski definition) is 5. The van der Waals surface area contributed by atoms with Crippen LogP contribution < -0.4 is 0 Å². The number of ether oxygens (including phenoxy) is 1. The quantitative estimate of drug-likeness (QED) is 0.643. The average molecular weight is 332 g/mol. The van der Waals surface area contributed by atoms with Crippen molar-refractivity contribution in [3.8, 4) is 0 Å². The fraction of sp³-hybridized carbons (Fsp3) is 0.632. The molecule has 2 heterocycles. The first-order chi connectivity index (χ1) is 11.6. The molecule has 2 aliphatic carbocycles. The van der Waals surface area contributed by atoms with Gasteiger partial charge in [0.05, 0.1) is 30.7 Å². The predicted molar refractivity (Wildman–Crippen MR) is 85.8 cm³/mol. The molecule has 3 aliphatic rings. The topological polar surface area (TPSA) is 79.9 Å². The van der Waals surface area contributed by atoms with Gasteiger partial charge in [-0.25, -0.2) is 0 Å². The van der Waals surface area contributed by atoms with Crippen molar-refractivity contribution in [2.75, 3.05) is 6.61 Å². The molecule has 1 saturated heterocycles. The molecule has 5 nitrogen and oxygen atoms in total. The number of carbonyl (C=O) groups excluding carboxylic acids is 1. The van der Waals surface area contributed by atoms with Crippen LogP contribution >= 0.6 is 0 Å². The van der Waals surface area contributed by atoms with Crippen LogP contribution in [0, 0.1) is 17.3 Å². The normalized spacial score (nSPS) is 39.2. The number of esters is 1. The van der Waals surface area contributed by atoms with Crippen LogP contribution in [0.15, 0.2) is 34.2 Å². The van der Waals surface area contributed by atoms with Gasteiger partial charge in [0.25, 0.3) is 0 Å². The summed E-state index contributed by atoms with van der Waals surface area (Å²) in [4.78, 5) is 13.0. The van der Waals surface area contributed by atoms with Gasteiger partial charge < -0.3 is 19.4 Å². The maximum atomic E-state index is 13.0. The zero-order valence-corrected chi connectivity index (χ0v) is 13.9. The first kappa shape index (κ1) is 15.9. The summed E-state index contributed by atoms with van der Waals surface area (Å²) in [5.41, 5.74) is 2.12. The Morgan fingerprint density at radius 2 is 2.25 bits per heavy atom. The molecule has 0 unspecified atom stereocenters. The molecule has 1 aliphatic heterocycles. The minimum Gasteiger partial charge on any atom is -0.472 e. The van der Waals surface area contributed by atoms with E-state index in [9.17, 15) is 15.0 Å². The highest BCUT2D eigenvalue weighted by molar-refractivity contribution is 5.81. The second kappa shape index (κ2) is 5.74. The smallest absolute Gasteiger partial charge is 0.313 e. The minimum atomic E-state index is -0.600. The Labute approximate surface area is 141 Å². The molecule has 1 aromatic heterocycles. The highest BCUT2D eigenvalue weighted by Crippen LogP contribution is 2.60. The van der Waals surface area contributed by atoms with Crippen molar-refractivity contribution in [1.29, 1.82) is 0 Å². The van der Waals surface area contributed by atoms with Gasteiger partial charge in [-0.05, 0) is 54.7 Å². The SMILES string of the molecule is C[C@@H]1C[C@@H](O)C2=C(CO)CCC[C@@H]2[C@@]12C[C@@H](c1ccoc1)OC2=O. The molecule has 0 radical (unpaired) electrons. The molecule has 5 atom stereocenters. The summed E-state index contributed by atoms with van der Waals surface area (Å²) in [5.74, 6) is -0.143. The monoisotopic (exact) mass is 332 g/mol. The molecule has 0 bridgehead atoms. The largest absolute Gasteiger partial charge is 0.472 e. The van der Waals surface area contributed by atoms with Gasteiger partial charge in [-0.15, -0.1) is 0 Å². The molecule has 1 aromatic rings. The van der Waals surface area contributed by atoms with Crippen LogP contribution in [0.3, 0.4) is 0 Å². The lowest BCUT2D eigenvalue weighted by atomic mass is 9.53. The van der Waals surface area contributed by atoms with Gasteiger partial charge in [-0.3, -0.25) is 4.79 Å². The van der Waals surface area contributed by atoms with Crippen molar-refractivity contribution in [2.45, 2.75) is 51.2 Å². The second-order valence-corrected chi connectivity index (χ2v) is 7.51. The Hall–Kier alpha value is -1.59. The number of rotatable bonds is 2. The van der Waals surface area contributed by atoms with Crippen molar-refractivity contribution in [3.05, 3.63) is 35.3 Å². The van der Waals surface area contributed by atoms with Gasteiger partial charge >= 0.3 is 5.97 Å². The number of cyclic esters (lactones) is 1. The summed E-state index contributed by atoms with van der Waals surface area (Å²) < 4.78 is 10.9. The minimum absolute atomic E-state index is 0.0310. The van der Waals surface area contributed by atoms with Crippen molar-refractivity contribution >= 4 is 5.97 Å². The van der Waals surface area contributed by atoms with Crippen LogP contribution in [0.4, 0.5) is 0 Å². The molecule has 5 heteroatoms. The van der Waals surface area contributed by atoms with Crippen LogP contribution in [-0.4, -0.2) is 28.9 Å². The third kappa shape index (κ3) is 2.11. The molecular weight excluding hydrogens is 308 g/mol. The molecule has 4 rings (SSSR count). The van der Waals surface area contributed by atoms with Crippen LogP contribution in [0.1, 0.15) is 50.7 Å². The van der Waals surface area contributed by atoms with E-state index in [1.807, 2.05) is 13.0 Å². The number of aliphatic hydroxyl groups excluding tert-OH is 2. The second-order valence-electron chi connectivity index (χ2n) is 7.51. The van der Waals surface area contributed by atoms with E-state index in [4.69, 9.17) is 9.15 Å². The Morgan fingerprint density at radius 1 is 1.42 bits per heavy atom. The first-order valence-corrected chi connectivity index (χ1v) is 8.81. The van der Waals surface area contributed by atoms with E-state index in [0.717, 1.165) is 36.0 Å². The molecule has 2 N–H and O–H groups in total.